The lowest BCUT2D eigenvalue weighted by molar-refractivity contribution is -0.120. The minimum atomic E-state index is -0.951. The Bertz CT molecular complexity index is 949. The molecule has 3 N–H and O–H groups in total. The second kappa shape index (κ2) is 12.3. The quantitative estimate of drug-likeness (QED) is 0.438. The molecule has 4 atom stereocenters. The Morgan fingerprint density at radius 1 is 1.21 bits per heavy atom. The Kier molecular flexibility index (Phi) is 9.42. The van der Waals surface area contributed by atoms with E-state index in [2.05, 4.69) is 36.6 Å². The van der Waals surface area contributed by atoms with Gasteiger partial charge in [-0.15, -0.1) is 0 Å². The Hall–Kier alpha value is -2.51. The van der Waals surface area contributed by atoms with E-state index in [0.29, 0.717) is 18.1 Å². The topological polar surface area (TPSA) is 70.6 Å². The van der Waals surface area contributed by atoms with Gasteiger partial charge in [0.1, 0.15) is 17.4 Å². The van der Waals surface area contributed by atoms with E-state index in [0.717, 1.165) is 36.6 Å². The highest BCUT2D eigenvalue weighted by molar-refractivity contribution is 5.73. The summed E-state index contributed by atoms with van der Waals surface area (Å²) < 4.78 is 33.1. The maximum absolute atomic E-state index is 13.6. The van der Waals surface area contributed by atoms with Crippen LogP contribution in [0.4, 0.5) is 8.78 Å². The number of carbonyl (C=O) groups is 1. The van der Waals surface area contributed by atoms with Gasteiger partial charge in [0.05, 0.1) is 18.8 Å². The number of unbranched alkanes of at least 4 members (excludes halogenated alkanes) is 1. The molecule has 2 aromatic carbocycles. The van der Waals surface area contributed by atoms with Crippen molar-refractivity contribution in [3.05, 3.63) is 64.7 Å². The van der Waals surface area contributed by atoms with Gasteiger partial charge in [-0.2, -0.15) is 0 Å². The summed E-state index contributed by atoms with van der Waals surface area (Å²) in [5.41, 5.74) is 2.72. The average molecular weight is 475 g/mol. The highest BCUT2D eigenvalue weighted by atomic mass is 19.1. The van der Waals surface area contributed by atoms with Crippen LogP contribution in [0.5, 0.6) is 5.75 Å². The van der Waals surface area contributed by atoms with E-state index in [-0.39, 0.29) is 24.9 Å². The van der Waals surface area contributed by atoms with Crippen LogP contribution in [-0.4, -0.2) is 36.3 Å². The molecule has 4 unspecified atom stereocenters. The highest BCUT2D eigenvalue weighted by Gasteiger charge is 2.26. The third-order valence-corrected chi connectivity index (χ3v) is 6.44. The van der Waals surface area contributed by atoms with Crippen molar-refractivity contribution in [3.8, 4) is 5.75 Å². The number of aliphatic hydroxyl groups is 1. The number of benzene rings is 2. The van der Waals surface area contributed by atoms with Crippen molar-refractivity contribution in [3.63, 3.8) is 0 Å². The minimum absolute atomic E-state index is 0.00122. The Morgan fingerprint density at radius 3 is 2.62 bits per heavy atom. The summed E-state index contributed by atoms with van der Waals surface area (Å²) in [5, 5.41) is 17.0. The van der Waals surface area contributed by atoms with Crippen molar-refractivity contribution in [2.24, 2.45) is 0 Å². The summed E-state index contributed by atoms with van der Waals surface area (Å²) in [5.74, 6) is -0.394. The van der Waals surface area contributed by atoms with Crippen LogP contribution in [-0.2, 0) is 11.2 Å². The minimum Gasteiger partial charge on any atom is -0.493 e. The van der Waals surface area contributed by atoms with Crippen LogP contribution in [0.1, 0.15) is 75.1 Å². The summed E-state index contributed by atoms with van der Waals surface area (Å²) in [7, 11) is 0. The Morgan fingerprint density at radius 2 is 1.94 bits per heavy atom. The second-order valence-electron chi connectivity index (χ2n) is 9.29. The molecule has 34 heavy (non-hydrogen) atoms. The van der Waals surface area contributed by atoms with Gasteiger partial charge in [-0.25, -0.2) is 8.78 Å². The zero-order valence-corrected chi connectivity index (χ0v) is 20.2. The maximum Gasteiger partial charge on any atom is 0.217 e. The number of ether oxygens (including phenoxy) is 1. The van der Waals surface area contributed by atoms with Gasteiger partial charge in [-0.3, -0.25) is 4.79 Å². The molecular weight excluding hydrogens is 438 g/mol. The van der Waals surface area contributed by atoms with Crippen LogP contribution in [0.15, 0.2) is 36.4 Å². The third kappa shape index (κ3) is 7.24. The predicted octanol–water partition coefficient (Wildman–Crippen LogP) is 4.78. The number of carbonyl (C=O) groups excluding carboxylic acids is 1. The predicted molar refractivity (Wildman–Crippen MR) is 129 cm³/mol. The van der Waals surface area contributed by atoms with Crippen LogP contribution >= 0.6 is 0 Å². The van der Waals surface area contributed by atoms with Gasteiger partial charge in [0.15, 0.2) is 0 Å². The molecule has 0 radical (unpaired) electrons. The fraction of sp³-hybridized carbons (Fsp3) is 0.519. The van der Waals surface area contributed by atoms with Crippen molar-refractivity contribution >= 4 is 5.91 Å². The molecule has 2 aromatic rings. The van der Waals surface area contributed by atoms with Crippen LogP contribution in [0.25, 0.3) is 0 Å². The van der Waals surface area contributed by atoms with E-state index in [9.17, 15) is 18.7 Å². The first kappa shape index (κ1) is 26.1. The van der Waals surface area contributed by atoms with Crippen molar-refractivity contribution in [2.45, 2.75) is 77.0 Å². The molecule has 0 bridgehead atoms. The van der Waals surface area contributed by atoms with Crippen LogP contribution in [0, 0.1) is 11.6 Å². The smallest absolute Gasteiger partial charge is 0.217 e. The molecule has 0 aliphatic carbocycles. The average Bonchev–Trinajstić information content (AvgIpc) is 2.79. The number of aliphatic hydroxyl groups excluding tert-OH is 1. The van der Waals surface area contributed by atoms with Crippen LogP contribution < -0.4 is 15.4 Å². The first-order valence-corrected chi connectivity index (χ1v) is 12.2. The van der Waals surface area contributed by atoms with Gasteiger partial charge >= 0.3 is 0 Å². The molecule has 3 rings (SSSR count). The maximum atomic E-state index is 13.6. The van der Waals surface area contributed by atoms with Gasteiger partial charge in [0, 0.05) is 37.6 Å². The van der Waals surface area contributed by atoms with Crippen LogP contribution in [0.3, 0.4) is 0 Å². The Labute approximate surface area is 200 Å². The molecule has 0 fully saturated rings. The monoisotopic (exact) mass is 474 g/mol. The molecule has 0 saturated heterocycles. The number of nitrogens with one attached hydrogen (secondary N) is 2. The molecule has 5 nitrogen and oxygen atoms in total. The highest BCUT2D eigenvalue weighted by Crippen LogP contribution is 2.35. The number of hydrogen-bond acceptors (Lipinski definition) is 4. The molecule has 1 heterocycles. The molecule has 0 aromatic heterocycles. The van der Waals surface area contributed by atoms with Crippen molar-refractivity contribution in [1.82, 2.24) is 10.6 Å². The van der Waals surface area contributed by atoms with Crippen molar-refractivity contribution < 1.29 is 23.4 Å². The van der Waals surface area contributed by atoms with Gasteiger partial charge in [-0.1, -0.05) is 38.8 Å². The summed E-state index contributed by atoms with van der Waals surface area (Å²) in [6.45, 7) is 6.57. The molecule has 1 aliphatic rings. The molecule has 7 heteroatoms. The summed E-state index contributed by atoms with van der Waals surface area (Å²) in [6, 6.07) is 8.89. The molecular formula is C27H36F2N2O3. The van der Waals surface area contributed by atoms with E-state index >= 15 is 0 Å². The van der Waals surface area contributed by atoms with E-state index in [1.807, 2.05) is 6.07 Å². The zero-order chi connectivity index (χ0) is 24.7. The normalized spacial score (nSPS) is 17.9. The van der Waals surface area contributed by atoms with Gasteiger partial charge in [-0.05, 0) is 48.1 Å². The lowest BCUT2D eigenvalue weighted by Gasteiger charge is -2.30. The lowest BCUT2D eigenvalue weighted by Crippen LogP contribution is -2.48. The number of hydrogen-bond donors (Lipinski definition) is 3. The van der Waals surface area contributed by atoms with Gasteiger partial charge in [0.2, 0.25) is 5.91 Å². The zero-order valence-electron chi connectivity index (χ0n) is 20.2. The number of halogens is 2. The van der Waals surface area contributed by atoms with Gasteiger partial charge in [0.25, 0.3) is 0 Å². The SMILES string of the molecule is CCCCC(C)c1ccc2c(c1)C(NCC(O)C(Cc1cc(F)cc(F)c1)NC(C)=O)CCO2. The fourth-order valence-corrected chi connectivity index (χ4v) is 4.54. The number of amides is 1. The van der Waals surface area contributed by atoms with E-state index in [1.165, 1.54) is 31.0 Å². The van der Waals surface area contributed by atoms with Crippen molar-refractivity contribution in [2.75, 3.05) is 13.2 Å². The Balaban J connectivity index is 1.69. The third-order valence-electron chi connectivity index (χ3n) is 6.44. The molecule has 1 aliphatic heterocycles. The lowest BCUT2D eigenvalue weighted by atomic mass is 9.90. The van der Waals surface area contributed by atoms with E-state index < -0.39 is 23.8 Å². The second-order valence-corrected chi connectivity index (χ2v) is 9.29. The summed E-state index contributed by atoms with van der Waals surface area (Å²) in [6.07, 6.45) is 3.40. The fourth-order valence-electron chi connectivity index (χ4n) is 4.54. The number of fused-ring (bicyclic) bond motifs is 1. The summed E-state index contributed by atoms with van der Waals surface area (Å²) in [4.78, 5) is 11.7. The standard InChI is InChI=1S/C27H36F2N2O3/c1-4-5-6-17(2)20-7-8-27-23(14-20)24(9-10-34-27)30-16-26(33)25(31-18(3)32)13-19-11-21(28)15-22(29)12-19/h7-8,11-12,14-15,17,24-26,30,33H,4-6,9-10,13,16H2,1-3H3,(H,31,32). The van der Waals surface area contributed by atoms with Crippen molar-refractivity contribution in [1.29, 1.82) is 0 Å². The van der Waals surface area contributed by atoms with Gasteiger partial charge < -0.3 is 20.5 Å². The first-order chi connectivity index (χ1) is 16.3. The number of rotatable bonds is 11. The summed E-state index contributed by atoms with van der Waals surface area (Å²) >= 11 is 0. The molecule has 1 amide bonds. The van der Waals surface area contributed by atoms with E-state index in [4.69, 9.17) is 4.74 Å². The van der Waals surface area contributed by atoms with E-state index in [1.54, 1.807) is 0 Å². The molecule has 186 valence electrons. The molecule has 0 saturated carbocycles. The first-order valence-electron chi connectivity index (χ1n) is 12.2. The van der Waals surface area contributed by atoms with Crippen LogP contribution in [0.2, 0.25) is 0 Å². The molecule has 0 spiro atoms. The largest absolute Gasteiger partial charge is 0.493 e.